The summed E-state index contributed by atoms with van der Waals surface area (Å²) in [7, 11) is 1.90. The maximum atomic E-state index is 9.10. The van der Waals surface area contributed by atoms with Gasteiger partial charge in [-0.15, -0.1) is 24.0 Å². The lowest BCUT2D eigenvalue weighted by molar-refractivity contribution is 0.251. The van der Waals surface area contributed by atoms with Gasteiger partial charge in [0.2, 0.25) is 0 Å². The van der Waals surface area contributed by atoms with E-state index in [1.54, 1.807) is 4.68 Å². The molecule has 0 amide bonds. The van der Waals surface area contributed by atoms with E-state index in [0.29, 0.717) is 12.5 Å². The van der Waals surface area contributed by atoms with Gasteiger partial charge in [-0.05, 0) is 25.7 Å². The quantitative estimate of drug-likeness (QED) is 0.322. The second-order valence-corrected chi connectivity index (χ2v) is 5.27. The molecule has 1 rings (SSSR count). The van der Waals surface area contributed by atoms with E-state index < -0.39 is 0 Å². The molecule has 0 aliphatic rings. The highest BCUT2D eigenvalue weighted by atomic mass is 127. The number of aliphatic imine (C=N–C) groups is 1. The zero-order valence-corrected chi connectivity index (χ0v) is 16.2. The summed E-state index contributed by atoms with van der Waals surface area (Å²) in [4.78, 5) is 4.57. The lowest BCUT2D eigenvalue weighted by Crippen LogP contribution is -2.40. The van der Waals surface area contributed by atoms with Crippen LogP contribution in [0.3, 0.4) is 0 Å². The summed E-state index contributed by atoms with van der Waals surface area (Å²) in [6.07, 6.45) is 6.89. The van der Waals surface area contributed by atoms with Gasteiger partial charge in [0, 0.05) is 38.5 Å². The molecule has 0 aromatic carbocycles. The van der Waals surface area contributed by atoms with Crippen molar-refractivity contribution >= 4 is 29.9 Å². The first-order valence-corrected chi connectivity index (χ1v) is 7.80. The van der Waals surface area contributed by atoms with E-state index in [-0.39, 0.29) is 30.6 Å². The lowest BCUT2D eigenvalue weighted by Gasteiger charge is -2.18. The van der Waals surface area contributed by atoms with Gasteiger partial charge >= 0.3 is 0 Å². The van der Waals surface area contributed by atoms with E-state index >= 15 is 0 Å². The van der Waals surface area contributed by atoms with Gasteiger partial charge in [0.15, 0.2) is 5.96 Å². The monoisotopic (exact) mass is 423 g/mol. The summed E-state index contributed by atoms with van der Waals surface area (Å²) in [5.41, 5.74) is 1.09. The summed E-state index contributed by atoms with van der Waals surface area (Å²) in [5, 5.41) is 19.9. The van der Waals surface area contributed by atoms with Crippen LogP contribution in [0.2, 0.25) is 0 Å². The smallest absolute Gasteiger partial charge is 0.191 e. The molecule has 1 heterocycles. The Labute approximate surface area is 150 Å². The average molecular weight is 423 g/mol. The Hall–Kier alpha value is -0.830. The largest absolute Gasteiger partial charge is 0.396 e. The van der Waals surface area contributed by atoms with Crippen molar-refractivity contribution < 1.29 is 5.11 Å². The van der Waals surface area contributed by atoms with Crippen molar-refractivity contribution in [2.75, 3.05) is 19.7 Å². The average Bonchev–Trinajstić information content (AvgIpc) is 2.88. The van der Waals surface area contributed by atoms with Gasteiger partial charge < -0.3 is 15.7 Å². The van der Waals surface area contributed by atoms with Crippen molar-refractivity contribution in [2.24, 2.45) is 18.0 Å². The summed E-state index contributed by atoms with van der Waals surface area (Å²) in [6, 6.07) is 0. The molecule has 0 aliphatic carbocycles. The number of rotatable bonds is 9. The predicted molar refractivity (Wildman–Crippen MR) is 102 cm³/mol. The van der Waals surface area contributed by atoms with Crippen LogP contribution in [0.5, 0.6) is 0 Å². The predicted octanol–water partition coefficient (Wildman–Crippen LogP) is 1.89. The van der Waals surface area contributed by atoms with E-state index in [1.165, 1.54) is 0 Å². The van der Waals surface area contributed by atoms with Crippen molar-refractivity contribution in [2.45, 2.75) is 39.7 Å². The number of aliphatic hydroxyl groups is 1. The summed E-state index contributed by atoms with van der Waals surface area (Å²) in [6.45, 7) is 6.76. The van der Waals surface area contributed by atoms with E-state index in [2.05, 4.69) is 34.6 Å². The first-order valence-electron chi connectivity index (χ1n) is 7.80. The molecule has 3 N–H and O–H groups in total. The maximum Gasteiger partial charge on any atom is 0.191 e. The fourth-order valence-electron chi connectivity index (χ4n) is 2.25. The van der Waals surface area contributed by atoms with Crippen molar-refractivity contribution in [1.82, 2.24) is 20.4 Å². The van der Waals surface area contributed by atoms with E-state index in [4.69, 9.17) is 5.11 Å². The molecular formula is C15H30IN5O. The third-order valence-electron chi connectivity index (χ3n) is 3.31. The number of nitrogens with zero attached hydrogens (tertiary/aromatic N) is 3. The van der Waals surface area contributed by atoms with E-state index in [1.807, 2.05) is 19.4 Å². The lowest BCUT2D eigenvalue weighted by atomic mass is 10.0. The molecule has 1 unspecified atom stereocenters. The molecule has 1 aromatic heterocycles. The Kier molecular flexibility index (Phi) is 12.2. The first kappa shape index (κ1) is 21.2. The molecule has 1 atom stereocenters. The number of aromatic nitrogens is 2. The molecule has 0 radical (unpaired) electrons. The molecule has 0 bridgehead atoms. The van der Waals surface area contributed by atoms with Crippen LogP contribution in [0, 0.1) is 5.92 Å². The van der Waals surface area contributed by atoms with Crippen LogP contribution in [-0.4, -0.2) is 40.5 Å². The van der Waals surface area contributed by atoms with Gasteiger partial charge in [-0.2, -0.15) is 5.10 Å². The number of hydrogen-bond acceptors (Lipinski definition) is 3. The number of nitrogens with one attached hydrogen (secondary N) is 2. The molecule has 128 valence electrons. The van der Waals surface area contributed by atoms with Gasteiger partial charge in [-0.1, -0.05) is 13.3 Å². The van der Waals surface area contributed by atoms with Crippen LogP contribution in [0.25, 0.3) is 0 Å². The number of halogens is 1. The molecular weight excluding hydrogens is 393 g/mol. The molecule has 0 aliphatic heterocycles. The summed E-state index contributed by atoms with van der Waals surface area (Å²) >= 11 is 0. The van der Waals surface area contributed by atoms with Crippen molar-refractivity contribution in [3.63, 3.8) is 0 Å². The van der Waals surface area contributed by atoms with Gasteiger partial charge in [0.25, 0.3) is 0 Å². The van der Waals surface area contributed by atoms with Gasteiger partial charge in [-0.3, -0.25) is 4.68 Å². The minimum Gasteiger partial charge on any atom is -0.396 e. The number of aryl methyl sites for hydroxylation is 1. The Bertz CT molecular complexity index is 416. The van der Waals surface area contributed by atoms with Crippen LogP contribution in [0.15, 0.2) is 17.4 Å². The number of hydrogen-bond donors (Lipinski definition) is 3. The highest BCUT2D eigenvalue weighted by molar-refractivity contribution is 14.0. The van der Waals surface area contributed by atoms with Gasteiger partial charge in [-0.25, -0.2) is 4.99 Å². The Morgan fingerprint density at radius 1 is 1.36 bits per heavy atom. The van der Waals surface area contributed by atoms with E-state index in [9.17, 15) is 0 Å². The molecule has 0 fully saturated rings. The zero-order valence-electron chi connectivity index (χ0n) is 13.9. The number of aliphatic hydroxyl groups excluding tert-OH is 1. The zero-order chi connectivity index (χ0) is 15.5. The van der Waals surface area contributed by atoms with E-state index in [0.717, 1.165) is 43.9 Å². The molecule has 1 aromatic rings. The molecule has 0 saturated carbocycles. The fraction of sp³-hybridized carbons (Fsp3) is 0.733. The molecule has 0 spiro atoms. The molecule has 0 saturated heterocycles. The van der Waals surface area contributed by atoms with Crippen LogP contribution in [0.4, 0.5) is 0 Å². The second kappa shape index (κ2) is 12.7. The molecule has 7 heteroatoms. The maximum absolute atomic E-state index is 9.10. The topological polar surface area (TPSA) is 74.5 Å². The third kappa shape index (κ3) is 8.57. The van der Waals surface area contributed by atoms with Crippen molar-refractivity contribution in [3.8, 4) is 0 Å². The van der Waals surface area contributed by atoms with Crippen molar-refractivity contribution in [3.05, 3.63) is 18.0 Å². The van der Waals surface area contributed by atoms with Gasteiger partial charge in [0.1, 0.15) is 0 Å². The van der Waals surface area contributed by atoms with Crippen LogP contribution in [0.1, 0.15) is 38.7 Å². The number of guanidine groups is 1. The minimum atomic E-state index is 0. The standard InChI is InChI=1S/C15H29N5O.HI/c1-4-6-13(7-8-21)9-17-15(16-5-2)18-10-14-11-19-20(3)12-14;/h11-13,21H,4-10H2,1-3H3,(H2,16,17,18);1H. The summed E-state index contributed by atoms with van der Waals surface area (Å²) in [5.74, 6) is 1.31. The van der Waals surface area contributed by atoms with Gasteiger partial charge in [0.05, 0.1) is 12.7 Å². The Balaban J connectivity index is 0.00000441. The van der Waals surface area contributed by atoms with Crippen LogP contribution < -0.4 is 10.6 Å². The highest BCUT2D eigenvalue weighted by Crippen LogP contribution is 2.09. The van der Waals surface area contributed by atoms with Crippen LogP contribution in [-0.2, 0) is 13.6 Å². The highest BCUT2D eigenvalue weighted by Gasteiger charge is 2.08. The minimum absolute atomic E-state index is 0. The fourth-order valence-corrected chi connectivity index (χ4v) is 2.25. The molecule has 6 nitrogen and oxygen atoms in total. The van der Waals surface area contributed by atoms with Crippen molar-refractivity contribution in [1.29, 1.82) is 0 Å². The molecule has 22 heavy (non-hydrogen) atoms. The normalized spacial score (nSPS) is 12.6. The summed E-state index contributed by atoms with van der Waals surface area (Å²) < 4.78 is 1.78. The second-order valence-electron chi connectivity index (χ2n) is 5.27. The van der Waals surface area contributed by atoms with Crippen LogP contribution >= 0.6 is 24.0 Å². The third-order valence-corrected chi connectivity index (χ3v) is 3.31. The SMILES string of the molecule is CCCC(CCO)CNC(=NCc1cnn(C)c1)NCC.I. The first-order chi connectivity index (χ1) is 10.2. The Morgan fingerprint density at radius 3 is 2.68 bits per heavy atom. The Morgan fingerprint density at radius 2 is 2.14 bits per heavy atom.